The number of nitrogens with zero attached hydrogens (tertiary/aromatic N) is 1. The average molecular weight is 448 g/mol. The summed E-state index contributed by atoms with van der Waals surface area (Å²) in [6.07, 6.45) is -0.435. The van der Waals surface area contributed by atoms with Gasteiger partial charge < -0.3 is 14.2 Å². The first-order valence-corrected chi connectivity index (χ1v) is 11.4. The Morgan fingerprint density at radius 1 is 0.903 bits per heavy atom. The summed E-state index contributed by atoms with van der Waals surface area (Å²) in [5, 5.41) is 0. The Bertz CT molecular complexity index is 1010. The van der Waals surface area contributed by atoms with Crippen molar-refractivity contribution < 1.29 is 32.2 Å². The molecule has 8 nitrogen and oxygen atoms in total. The fourth-order valence-corrected chi connectivity index (χ4v) is 4.91. The first kappa shape index (κ1) is 22.9. The van der Waals surface area contributed by atoms with Gasteiger partial charge in [-0.05, 0) is 44.2 Å². The van der Waals surface area contributed by atoms with E-state index in [1.54, 1.807) is 30.3 Å². The number of morpholine rings is 1. The summed E-state index contributed by atoms with van der Waals surface area (Å²) in [4.78, 5) is 24.2. The van der Waals surface area contributed by atoms with E-state index in [1.807, 2.05) is 13.8 Å². The lowest BCUT2D eigenvalue weighted by atomic mass is 10.2. The van der Waals surface area contributed by atoms with Gasteiger partial charge in [0.05, 0.1) is 28.2 Å². The van der Waals surface area contributed by atoms with E-state index in [-0.39, 0.29) is 49.0 Å². The summed E-state index contributed by atoms with van der Waals surface area (Å²) in [6.45, 7) is 3.86. The molecule has 1 aliphatic heterocycles. The number of sulfonamides is 1. The molecule has 0 saturated carbocycles. The van der Waals surface area contributed by atoms with E-state index in [4.69, 9.17) is 14.2 Å². The van der Waals surface area contributed by atoms with Gasteiger partial charge in [0.2, 0.25) is 10.0 Å². The molecule has 1 fully saturated rings. The van der Waals surface area contributed by atoms with Crippen LogP contribution in [-0.2, 0) is 24.2 Å². The van der Waals surface area contributed by atoms with Crippen molar-refractivity contribution in [1.82, 2.24) is 4.31 Å². The zero-order chi connectivity index (χ0) is 22.4. The first-order valence-electron chi connectivity index (χ1n) is 9.92. The molecule has 2 unspecified atom stereocenters. The normalized spacial score (nSPS) is 19.5. The third-order valence-electron chi connectivity index (χ3n) is 4.65. The molecule has 0 N–H and O–H groups in total. The van der Waals surface area contributed by atoms with Gasteiger partial charge in [-0.1, -0.05) is 24.3 Å². The molecule has 0 spiro atoms. The third kappa shape index (κ3) is 5.90. The molecule has 2 aromatic carbocycles. The van der Waals surface area contributed by atoms with E-state index in [0.717, 1.165) is 0 Å². The zero-order valence-electron chi connectivity index (χ0n) is 17.4. The number of carbonyl (C=O) groups is 2. The molecule has 166 valence electrons. The molecule has 1 saturated heterocycles. The zero-order valence-corrected chi connectivity index (χ0v) is 18.2. The number of carbonyl (C=O) groups excluding carboxylic acids is 2. The highest BCUT2D eigenvalue weighted by Crippen LogP contribution is 2.22. The van der Waals surface area contributed by atoms with Crippen LogP contribution in [-0.4, -0.2) is 63.2 Å². The monoisotopic (exact) mass is 447 g/mol. The highest BCUT2D eigenvalue weighted by atomic mass is 32.2. The van der Waals surface area contributed by atoms with Gasteiger partial charge in [-0.15, -0.1) is 0 Å². The number of benzene rings is 2. The molecule has 31 heavy (non-hydrogen) atoms. The van der Waals surface area contributed by atoms with Crippen molar-refractivity contribution >= 4 is 22.0 Å². The van der Waals surface area contributed by atoms with Gasteiger partial charge in [-0.25, -0.2) is 18.0 Å². The van der Waals surface area contributed by atoms with Crippen LogP contribution in [0.3, 0.4) is 0 Å². The number of esters is 2. The van der Waals surface area contributed by atoms with Crippen molar-refractivity contribution in [2.24, 2.45) is 0 Å². The smallest absolute Gasteiger partial charge is 0.338 e. The SMILES string of the molecule is CC1CN(S(=O)(=O)c2cccc(C(=O)OCCOC(=O)c3ccccc3)c2)CC(C)O1. The van der Waals surface area contributed by atoms with E-state index in [9.17, 15) is 18.0 Å². The second kappa shape index (κ2) is 10.0. The summed E-state index contributed by atoms with van der Waals surface area (Å²) >= 11 is 0. The van der Waals surface area contributed by atoms with Gasteiger partial charge in [0.25, 0.3) is 0 Å². The molecule has 2 atom stereocenters. The van der Waals surface area contributed by atoms with Crippen molar-refractivity contribution in [2.75, 3.05) is 26.3 Å². The number of rotatable bonds is 7. The lowest BCUT2D eigenvalue weighted by molar-refractivity contribution is -0.0440. The summed E-state index contributed by atoms with van der Waals surface area (Å²) in [7, 11) is -3.77. The van der Waals surface area contributed by atoms with E-state index in [1.165, 1.54) is 28.6 Å². The fraction of sp³-hybridized carbons (Fsp3) is 0.364. The van der Waals surface area contributed by atoms with Crippen molar-refractivity contribution in [2.45, 2.75) is 31.0 Å². The summed E-state index contributed by atoms with van der Waals surface area (Å²) < 4.78 is 43.1. The number of ether oxygens (including phenoxy) is 3. The molecule has 0 aromatic heterocycles. The van der Waals surface area contributed by atoms with Gasteiger partial charge >= 0.3 is 11.9 Å². The van der Waals surface area contributed by atoms with Crippen LogP contribution in [0.5, 0.6) is 0 Å². The molecule has 0 amide bonds. The molecule has 2 aromatic rings. The number of hydrogen-bond acceptors (Lipinski definition) is 7. The second-order valence-corrected chi connectivity index (χ2v) is 9.18. The molecule has 0 bridgehead atoms. The predicted molar refractivity (Wildman–Crippen MR) is 112 cm³/mol. The van der Waals surface area contributed by atoms with Gasteiger partial charge in [0.15, 0.2) is 0 Å². The van der Waals surface area contributed by atoms with Crippen molar-refractivity contribution in [3.05, 3.63) is 65.7 Å². The third-order valence-corrected chi connectivity index (χ3v) is 6.48. The maximum Gasteiger partial charge on any atom is 0.338 e. The lowest BCUT2D eigenvalue weighted by Crippen LogP contribution is -2.48. The van der Waals surface area contributed by atoms with E-state index >= 15 is 0 Å². The van der Waals surface area contributed by atoms with Crippen LogP contribution in [0.1, 0.15) is 34.6 Å². The van der Waals surface area contributed by atoms with Gasteiger partial charge in [0.1, 0.15) is 13.2 Å². The minimum absolute atomic E-state index is 0.0127. The molecule has 0 aliphatic carbocycles. The Hall–Kier alpha value is -2.75. The molecule has 0 radical (unpaired) electrons. The summed E-state index contributed by atoms with van der Waals surface area (Å²) in [5.41, 5.74) is 0.503. The van der Waals surface area contributed by atoms with Crippen molar-refractivity contribution in [3.63, 3.8) is 0 Å². The Kier molecular flexibility index (Phi) is 7.42. The second-order valence-electron chi connectivity index (χ2n) is 7.25. The Labute approximate surface area is 181 Å². The first-order chi connectivity index (χ1) is 14.8. The van der Waals surface area contributed by atoms with Crippen LogP contribution in [0.2, 0.25) is 0 Å². The predicted octanol–water partition coefficient (Wildman–Crippen LogP) is 2.50. The molecule has 9 heteroatoms. The van der Waals surface area contributed by atoms with Crippen LogP contribution in [0.15, 0.2) is 59.5 Å². The van der Waals surface area contributed by atoms with Crippen molar-refractivity contribution in [3.8, 4) is 0 Å². The highest BCUT2D eigenvalue weighted by Gasteiger charge is 2.32. The molecule has 1 aliphatic rings. The fourth-order valence-electron chi connectivity index (χ4n) is 3.27. The molecule has 3 rings (SSSR count). The Morgan fingerprint density at radius 2 is 1.45 bits per heavy atom. The van der Waals surface area contributed by atoms with Crippen LogP contribution in [0.25, 0.3) is 0 Å². The maximum atomic E-state index is 13.0. The molecular formula is C22H25NO7S. The van der Waals surface area contributed by atoms with Crippen LogP contribution in [0.4, 0.5) is 0 Å². The lowest BCUT2D eigenvalue weighted by Gasteiger charge is -2.34. The van der Waals surface area contributed by atoms with E-state index < -0.39 is 22.0 Å². The number of hydrogen-bond donors (Lipinski definition) is 0. The summed E-state index contributed by atoms with van der Waals surface area (Å²) in [5.74, 6) is -1.21. The van der Waals surface area contributed by atoms with Gasteiger partial charge in [-0.2, -0.15) is 4.31 Å². The average Bonchev–Trinajstić information content (AvgIpc) is 2.76. The van der Waals surface area contributed by atoms with Crippen LogP contribution >= 0.6 is 0 Å². The van der Waals surface area contributed by atoms with E-state index in [2.05, 4.69) is 0 Å². The molecule has 1 heterocycles. The molecular weight excluding hydrogens is 422 g/mol. The minimum atomic E-state index is -3.77. The summed E-state index contributed by atoms with van der Waals surface area (Å²) in [6, 6.07) is 14.2. The largest absolute Gasteiger partial charge is 0.458 e. The highest BCUT2D eigenvalue weighted by molar-refractivity contribution is 7.89. The van der Waals surface area contributed by atoms with Gasteiger partial charge in [0, 0.05) is 13.1 Å². The van der Waals surface area contributed by atoms with E-state index in [0.29, 0.717) is 5.56 Å². The minimum Gasteiger partial charge on any atom is -0.458 e. The Balaban J connectivity index is 1.58. The van der Waals surface area contributed by atoms with Crippen molar-refractivity contribution in [1.29, 1.82) is 0 Å². The van der Waals surface area contributed by atoms with Gasteiger partial charge in [-0.3, -0.25) is 0 Å². The van der Waals surface area contributed by atoms with Crippen LogP contribution < -0.4 is 0 Å². The quantitative estimate of drug-likeness (QED) is 0.475. The van der Waals surface area contributed by atoms with Crippen LogP contribution in [0, 0.1) is 0 Å². The topological polar surface area (TPSA) is 99.2 Å². The Morgan fingerprint density at radius 3 is 2.06 bits per heavy atom. The standard InChI is InChI=1S/C22H25NO7S/c1-16-14-23(15-17(2)30-16)31(26,27)20-10-6-9-19(13-20)22(25)29-12-11-28-21(24)18-7-4-3-5-8-18/h3-10,13,16-17H,11-12,14-15H2,1-2H3. The maximum absolute atomic E-state index is 13.0.